The topological polar surface area (TPSA) is 96.0 Å². The Morgan fingerprint density at radius 3 is 2.70 bits per heavy atom. The van der Waals surface area contributed by atoms with Crippen LogP contribution in [0.4, 0.5) is 0 Å². The summed E-state index contributed by atoms with van der Waals surface area (Å²) in [5.41, 5.74) is 6.56. The van der Waals surface area contributed by atoms with E-state index in [9.17, 15) is 15.0 Å². The Bertz CT molecular complexity index is 451. The second kappa shape index (κ2) is 7.72. The first-order valence-electron chi connectivity index (χ1n) is 6.54. The minimum Gasteiger partial charge on any atom is -0.504 e. The number of amides is 1. The molecule has 0 saturated carbocycles. The highest BCUT2D eigenvalue weighted by molar-refractivity contribution is 5.81. The first-order valence-corrected chi connectivity index (χ1v) is 6.54. The van der Waals surface area contributed by atoms with Crippen LogP contribution >= 0.6 is 0 Å². The van der Waals surface area contributed by atoms with E-state index in [4.69, 9.17) is 10.5 Å². The summed E-state index contributed by atoms with van der Waals surface area (Å²) < 4.78 is 5.19. The highest BCUT2D eigenvalue weighted by Gasteiger charge is 2.18. The summed E-state index contributed by atoms with van der Waals surface area (Å²) in [6.45, 7) is 3.47. The number of hydrogen-bond acceptors (Lipinski definition) is 5. The van der Waals surface area contributed by atoms with Gasteiger partial charge in [-0.1, -0.05) is 6.07 Å². The number of likely N-dealkylation sites (N-methyl/N-ethyl adjacent to an activating group) is 1. The van der Waals surface area contributed by atoms with Crippen molar-refractivity contribution in [3.05, 3.63) is 23.8 Å². The summed E-state index contributed by atoms with van der Waals surface area (Å²) in [7, 11) is 1.68. The quantitative estimate of drug-likeness (QED) is 0.499. The number of nitrogens with two attached hydrogens (primary N) is 1. The minimum absolute atomic E-state index is 0.183. The van der Waals surface area contributed by atoms with E-state index in [1.165, 1.54) is 17.0 Å². The third-order valence-corrected chi connectivity index (χ3v) is 2.96. The van der Waals surface area contributed by atoms with Crippen LogP contribution in [0, 0.1) is 0 Å². The smallest absolute Gasteiger partial charge is 0.239 e. The number of carbonyl (C=O) groups is 1. The van der Waals surface area contributed by atoms with Gasteiger partial charge >= 0.3 is 0 Å². The molecule has 1 aromatic rings. The number of aromatic hydroxyl groups is 2. The lowest BCUT2D eigenvalue weighted by molar-refractivity contribution is -0.131. The molecule has 1 amide bonds. The monoisotopic (exact) mass is 282 g/mol. The molecule has 0 bridgehead atoms. The van der Waals surface area contributed by atoms with Crippen LogP contribution in [-0.4, -0.2) is 53.9 Å². The molecule has 0 aliphatic rings. The first kappa shape index (κ1) is 16.3. The molecule has 0 spiro atoms. The van der Waals surface area contributed by atoms with E-state index in [-0.39, 0.29) is 17.4 Å². The average molecular weight is 282 g/mol. The maximum Gasteiger partial charge on any atom is 0.239 e. The van der Waals surface area contributed by atoms with E-state index < -0.39 is 6.04 Å². The molecule has 1 atom stereocenters. The number of phenols is 2. The zero-order valence-corrected chi connectivity index (χ0v) is 11.9. The van der Waals surface area contributed by atoms with Crippen LogP contribution < -0.4 is 5.73 Å². The fourth-order valence-electron chi connectivity index (χ4n) is 1.78. The van der Waals surface area contributed by atoms with Crippen LogP contribution in [0.5, 0.6) is 11.5 Å². The van der Waals surface area contributed by atoms with Gasteiger partial charge in [-0.25, -0.2) is 0 Å². The predicted octanol–water partition coefficient (Wildman–Crippen LogP) is 0.463. The second-order valence-corrected chi connectivity index (χ2v) is 4.59. The van der Waals surface area contributed by atoms with Crippen LogP contribution in [0.25, 0.3) is 0 Å². The Kier molecular flexibility index (Phi) is 6.27. The average Bonchev–Trinajstić information content (AvgIpc) is 2.42. The highest BCUT2D eigenvalue weighted by atomic mass is 16.5. The van der Waals surface area contributed by atoms with Gasteiger partial charge in [0.15, 0.2) is 11.5 Å². The third kappa shape index (κ3) is 4.71. The summed E-state index contributed by atoms with van der Waals surface area (Å²) in [5, 5.41) is 18.6. The molecule has 0 unspecified atom stereocenters. The molecule has 4 N–H and O–H groups in total. The predicted molar refractivity (Wildman–Crippen MR) is 75.6 cm³/mol. The van der Waals surface area contributed by atoms with Crippen molar-refractivity contribution in [2.24, 2.45) is 5.73 Å². The lowest BCUT2D eigenvalue weighted by Crippen LogP contribution is -2.44. The normalized spacial score (nSPS) is 12.2. The van der Waals surface area contributed by atoms with Crippen molar-refractivity contribution >= 4 is 5.91 Å². The van der Waals surface area contributed by atoms with Crippen molar-refractivity contribution < 1.29 is 19.7 Å². The van der Waals surface area contributed by atoms with Gasteiger partial charge in [0.2, 0.25) is 5.91 Å². The molecular weight excluding hydrogens is 260 g/mol. The van der Waals surface area contributed by atoms with E-state index in [1.807, 2.05) is 6.92 Å². The van der Waals surface area contributed by atoms with Crippen molar-refractivity contribution in [1.82, 2.24) is 4.90 Å². The van der Waals surface area contributed by atoms with Crippen LogP contribution in [-0.2, 0) is 16.0 Å². The summed E-state index contributed by atoms with van der Waals surface area (Å²) >= 11 is 0. The molecule has 0 aliphatic carbocycles. The fourth-order valence-corrected chi connectivity index (χ4v) is 1.78. The van der Waals surface area contributed by atoms with Crippen molar-refractivity contribution in [3.8, 4) is 11.5 Å². The molecule has 20 heavy (non-hydrogen) atoms. The van der Waals surface area contributed by atoms with Crippen molar-refractivity contribution in [2.45, 2.75) is 19.4 Å². The molecule has 0 saturated heterocycles. The number of carbonyl (C=O) groups excluding carboxylic acids is 1. The van der Waals surface area contributed by atoms with Gasteiger partial charge in [0.05, 0.1) is 12.6 Å². The van der Waals surface area contributed by atoms with Gasteiger partial charge < -0.3 is 25.6 Å². The fraction of sp³-hybridized carbons (Fsp3) is 0.500. The van der Waals surface area contributed by atoms with Crippen molar-refractivity contribution in [1.29, 1.82) is 0 Å². The number of nitrogens with zero attached hydrogens (tertiary/aromatic N) is 1. The van der Waals surface area contributed by atoms with E-state index in [0.29, 0.717) is 31.7 Å². The van der Waals surface area contributed by atoms with Gasteiger partial charge in [-0.2, -0.15) is 0 Å². The van der Waals surface area contributed by atoms with E-state index in [0.717, 1.165) is 0 Å². The second-order valence-electron chi connectivity index (χ2n) is 4.59. The van der Waals surface area contributed by atoms with E-state index >= 15 is 0 Å². The molecular formula is C14H22N2O4. The summed E-state index contributed by atoms with van der Waals surface area (Å²) in [6.07, 6.45) is 0.297. The number of benzene rings is 1. The third-order valence-electron chi connectivity index (χ3n) is 2.96. The zero-order chi connectivity index (χ0) is 15.1. The zero-order valence-electron chi connectivity index (χ0n) is 11.9. The van der Waals surface area contributed by atoms with Crippen molar-refractivity contribution in [3.63, 3.8) is 0 Å². The molecule has 1 rings (SSSR count). The van der Waals surface area contributed by atoms with Gasteiger partial charge in [-0.15, -0.1) is 0 Å². The summed E-state index contributed by atoms with van der Waals surface area (Å²) in [6, 6.07) is 3.72. The lowest BCUT2D eigenvalue weighted by Gasteiger charge is -2.21. The molecule has 0 aliphatic heterocycles. The Labute approximate surface area is 118 Å². The van der Waals surface area contributed by atoms with E-state index in [2.05, 4.69) is 0 Å². The van der Waals surface area contributed by atoms with Gasteiger partial charge in [0.1, 0.15) is 0 Å². The molecule has 0 heterocycles. The molecule has 1 aromatic carbocycles. The number of ether oxygens (including phenoxy) is 1. The molecule has 0 fully saturated rings. The minimum atomic E-state index is -0.689. The molecule has 0 radical (unpaired) electrons. The van der Waals surface area contributed by atoms with Crippen molar-refractivity contribution in [2.75, 3.05) is 26.8 Å². The lowest BCUT2D eigenvalue weighted by atomic mass is 10.0. The standard InChI is InChI=1S/C14H22N2O4/c1-3-20-7-6-16(2)14(19)11(15)8-10-4-5-12(17)13(18)9-10/h4-5,9,11,17-18H,3,6-8,15H2,1-2H3/t11-/m0/s1. The Hall–Kier alpha value is -1.79. The van der Waals surface area contributed by atoms with Gasteiger partial charge in [-0.3, -0.25) is 4.79 Å². The van der Waals surface area contributed by atoms with Crippen LogP contribution in [0.15, 0.2) is 18.2 Å². The largest absolute Gasteiger partial charge is 0.504 e. The number of rotatable bonds is 7. The van der Waals surface area contributed by atoms with Crippen LogP contribution in [0.2, 0.25) is 0 Å². The Morgan fingerprint density at radius 2 is 2.10 bits per heavy atom. The van der Waals surface area contributed by atoms with E-state index in [1.54, 1.807) is 13.1 Å². The summed E-state index contributed by atoms with van der Waals surface area (Å²) in [5.74, 6) is -0.591. The van der Waals surface area contributed by atoms with Crippen LogP contribution in [0.1, 0.15) is 12.5 Å². The van der Waals surface area contributed by atoms with Gasteiger partial charge in [0, 0.05) is 20.2 Å². The molecule has 6 heteroatoms. The number of phenolic OH excluding ortho intramolecular Hbond substituents is 2. The maximum absolute atomic E-state index is 12.0. The molecule has 6 nitrogen and oxygen atoms in total. The number of hydrogen-bond donors (Lipinski definition) is 3. The Morgan fingerprint density at radius 1 is 1.40 bits per heavy atom. The Balaban J connectivity index is 2.54. The molecule has 112 valence electrons. The first-order chi connectivity index (χ1) is 9.45. The van der Waals surface area contributed by atoms with Gasteiger partial charge in [-0.05, 0) is 31.0 Å². The molecule has 0 aromatic heterocycles. The van der Waals surface area contributed by atoms with Crippen LogP contribution in [0.3, 0.4) is 0 Å². The SMILES string of the molecule is CCOCCN(C)C(=O)[C@@H](N)Cc1ccc(O)c(O)c1. The highest BCUT2D eigenvalue weighted by Crippen LogP contribution is 2.25. The maximum atomic E-state index is 12.0. The van der Waals surface area contributed by atoms with Gasteiger partial charge in [0.25, 0.3) is 0 Å². The summed E-state index contributed by atoms with van der Waals surface area (Å²) in [4.78, 5) is 13.6.